The number of aryl methyl sites for hydroxylation is 1. The number of nitrogens with zero attached hydrogens (tertiary/aromatic N) is 3. The quantitative estimate of drug-likeness (QED) is 0.886. The van der Waals surface area contributed by atoms with E-state index in [1.54, 1.807) is 6.20 Å². The van der Waals surface area contributed by atoms with E-state index in [1.807, 2.05) is 13.8 Å². The molecule has 0 fully saturated rings. The van der Waals surface area contributed by atoms with Crippen molar-refractivity contribution in [1.29, 1.82) is 0 Å². The number of thiazole rings is 1. The molecule has 86 valence electrons. The summed E-state index contributed by atoms with van der Waals surface area (Å²) in [5, 5.41) is 14.4. The Morgan fingerprint density at radius 2 is 2.38 bits per heavy atom. The molecule has 2 rings (SSSR count). The van der Waals surface area contributed by atoms with Crippen molar-refractivity contribution in [2.24, 2.45) is 0 Å². The predicted octanol–water partition coefficient (Wildman–Crippen LogP) is 2.34. The predicted molar refractivity (Wildman–Crippen MR) is 60.0 cm³/mol. The largest absolute Gasteiger partial charge is 0.385 e. The van der Waals surface area contributed by atoms with Crippen molar-refractivity contribution in [1.82, 2.24) is 15.1 Å². The van der Waals surface area contributed by atoms with E-state index < -0.39 is 6.10 Å². The maximum Gasteiger partial charge on any atom is 0.269 e. The summed E-state index contributed by atoms with van der Waals surface area (Å²) in [5.74, 6) is 0.777. The van der Waals surface area contributed by atoms with E-state index in [-0.39, 0.29) is 0 Å². The summed E-state index contributed by atoms with van der Waals surface area (Å²) in [5.41, 5.74) is 0. The van der Waals surface area contributed by atoms with Gasteiger partial charge in [-0.05, 0) is 13.3 Å². The van der Waals surface area contributed by atoms with Crippen LogP contribution in [0.4, 0.5) is 0 Å². The van der Waals surface area contributed by atoms with Gasteiger partial charge in [0.2, 0.25) is 5.82 Å². The molecule has 0 bridgehead atoms. The van der Waals surface area contributed by atoms with Crippen LogP contribution in [0.1, 0.15) is 36.7 Å². The number of aliphatic hydroxyl groups excluding tert-OH is 1. The third-order valence-corrected chi connectivity index (χ3v) is 3.03. The van der Waals surface area contributed by atoms with Crippen LogP contribution < -0.4 is 0 Å². The molecule has 5 nitrogen and oxygen atoms in total. The lowest BCUT2D eigenvalue weighted by atomic mass is 10.2. The molecule has 0 spiro atoms. The number of aliphatic hydroxyl groups is 1. The summed E-state index contributed by atoms with van der Waals surface area (Å²) < 4.78 is 5.08. The minimum Gasteiger partial charge on any atom is -0.385 e. The van der Waals surface area contributed by atoms with E-state index in [0.717, 1.165) is 16.3 Å². The lowest BCUT2D eigenvalue weighted by Crippen LogP contribution is -1.98. The van der Waals surface area contributed by atoms with E-state index in [9.17, 15) is 5.11 Å². The van der Waals surface area contributed by atoms with Gasteiger partial charge in [0.1, 0.15) is 11.0 Å². The number of hydrogen-bond donors (Lipinski definition) is 1. The van der Waals surface area contributed by atoms with Crippen LogP contribution in [0.25, 0.3) is 10.8 Å². The van der Waals surface area contributed by atoms with Crippen LogP contribution in [0.15, 0.2) is 10.7 Å². The maximum absolute atomic E-state index is 9.69. The Hall–Kier alpha value is -1.27. The molecular weight excluding hydrogens is 226 g/mol. The Morgan fingerprint density at radius 1 is 1.56 bits per heavy atom. The van der Waals surface area contributed by atoms with Gasteiger partial charge in [0, 0.05) is 0 Å². The van der Waals surface area contributed by atoms with Crippen molar-refractivity contribution in [3.05, 3.63) is 17.0 Å². The van der Waals surface area contributed by atoms with Crippen molar-refractivity contribution in [2.75, 3.05) is 0 Å². The molecule has 6 heteroatoms. The standard InChI is InChI=1S/C10H13N3O2S/c1-3-4-7(14)9-12-10(15-13-9)8-5-11-6(2)16-8/h5,7,14H,3-4H2,1-2H3. The summed E-state index contributed by atoms with van der Waals surface area (Å²) in [4.78, 5) is 9.10. The van der Waals surface area contributed by atoms with Gasteiger partial charge in [-0.25, -0.2) is 4.98 Å². The van der Waals surface area contributed by atoms with Crippen molar-refractivity contribution < 1.29 is 9.63 Å². The third kappa shape index (κ3) is 2.28. The highest BCUT2D eigenvalue weighted by Gasteiger charge is 2.16. The molecule has 1 N–H and O–H groups in total. The minimum atomic E-state index is -0.642. The molecule has 1 unspecified atom stereocenters. The van der Waals surface area contributed by atoms with E-state index in [2.05, 4.69) is 15.1 Å². The molecule has 2 aromatic rings. The monoisotopic (exact) mass is 239 g/mol. The average Bonchev–Trinajstić information content (AvgIpc) is 2.85. The highest BCUT2D eigenvalue weighted by Crippen LogP contribution is 2.25. The normalized spacial score (nSPS) is 12.9. The third-order valence-electron chi connectivity index (χ3n) is 2.13. The molecule has 0 aliphatic heterocycles. The fraction of sp³-hybridized carbons (Fsp3) is 0.500. The van der Waals surface area contributed by atoms with Gasteiger partial charge in [0.15, 0.2) is 0 Å². The van der Waals surface area contributed by atoms with Crippen LogP contribution in [-0.4, -0.2) is 20.2 Å². The van der Waals surface area contributed by atoms with Crippen molar-refractivity contribution in [3.8, 4) is 10.8 Å². The molecule has 2 heterocycles. The van der Waals surface area contributed by atoms with Gasteiger partial charge in [-0.2, -0.15) is 4.98 Å². The second kappa shape index (κ2) is 4.71. The SMILES string of the molecule is CCCC(O)c1noc(-c2cnc(C)s2)n1. The molecule has 1 atom stereocenters. The molecule has 0 amide bonds. The lowest BCUT2D eigenvalue weighted by molar-refractivity contribution is 0.153. The summed E-state index contributed by atoms with van der Waals surface area (Å²) in [6.07, 6.45) is 2.58. The first-order valence-electron chi connectivity index (χ1n) is 5.15. The van der Waals surface area contributed by atoms with Gasteiger partial charge in [0.05, 0.1) is 11.2 Å². The van der Waals surface area contributed by atoms with Gasteiger partial charge in [-0.3, -0.25) is 0 Å². The highest BCUT2D eigenvalue weighted by molar-refractivity contribution is 7.14. The van der Waals surface area contributed by atoms with Crippen LogP contribution in [0, 0.1) is 6.92 Å². The molecule has 0 saturated carbocycles. The summed E-state index contributed by atoms with van der Waals surface area (Å²) in [7, 11) is 0. The molecule has 0 aromatic carbocycles. The Bertz CT molecular complexity index is 466. The number of rotatable bonds is 4. The van der Waals surface area contributed by atoms with Gasteiger partial charge in [-0.1, -0.05) is 18.5 Å². The average molecular weight is 239 g/mol. The zero-order chi connectivity index (χ0) is 11.5. The molecule has 16 heavy (non-hydrogen) atoms. The van der Waals surface area contributed by atoms with Crippen molar-refractivity contribution >= 4 is 11.3 Å². The highest BCUT2D eigenvalue weighted by atomic mass is 32.1. The Morgan fingerprint density at radius 3 is 3.00 bits per heavy atom. The van der Waals surface area contributed by atoms with Gasteiger partial charge in [0.25, 0.3) is 5.89 Å². The first-order valence-corrected chi connectivity index (χ1v) is 5.96. The van der Waals surface area contributed by atoms with E-state index in [4.69, 9.17) is 4.52 Å². The summed E-state index contributed by atoms with van der Waals surface area (Å²) in [6, 6.07) is 0. The minimum absolute atomic E-state index is 0.350. The summed E-state index contributed by atoms with van der Waals surface area (Å²) in [6.45, 7) is 3.91. The van der Waals surface area contributed by atoms with Crippen molar-refractivity contribution in [2.45, 2.75) is 32.8 Å². The molecule has 2 aromatic heterocycles. The smallest absolute Gasteiger partial charge is 0.269 e. The zero-order valence-electron chi connectivity index (χ0n) is 9.17. The van der Waals surface area contributed by atoms with Gasteiger partial charge >= 0.3 is 0 Å². The fourth-order valence-corrected chi connectivity index (χ4v) is 2.03. The second-order valence-corrected chi connectivity index (χ2v) is 4.74. The van der Waals surface area contributed by atoms with Crippen LogP contribution in [0.2, 0.25) is 0 Å². The molecule has 0 aliphatic rings. The fourth-order valence-electron chi connectivity index (χ4n) is 1.33. The Kier molecular flexibility index (Phi) is 3.31. The van der Waals surface area contributed by atoms with Crippen molar-refractivity contribution in [3.63, 3.8) is 0 Å². The molecule has 0 aliphatic carbocycles. The van der Waals surface area contributed by atoms with E-state index in [0.29, 0.717) is 18.1 Å². The molecular formula is C10H13N3O2S. The van der Waals surface area contributed by atoms with Gasteiger partial charge < -0.3 is 9.63 Å². The maximum atomic E-state index is 9.69. The summed E-state index contributed by atoms with van der Waals surface area (Å²) >= 11 is 1.49. The number of hydrogen-bond acceptors (Lipinski definition) is 6. The second-order valence-electron chi connectivity index (χ2n) is 3.51. The lowest BCUT2D eigenvalue weighted by Gasteiger charge is -2.00. The number of aromatic nitrogens is 3. The first-order chi connectivity index (χ1) is 7.70. The Balaban J connectivity index is 2.19. The molecule has 0 radical (unpaired) electrons. The zero-order valence-corrected chi connectivity index (χ0v) is 9.99. The van der Waals surface area contributed by atoms with Crippen LogP contribution >= 0.6 is 11.3 Å². The van der Waals surface area contributed by atoms with E-state index in [1.165, 1.54) is 11.3 Å². The van der Waals surface area contributed by atoms with Crippen LogP contribution in [0.3, 0.4) is 0 Å². The van der Waals surface area contributed by atoms with Crippen LogP contribution in [0.5, 0.6) is 0 Å². The first kappa shape index (κ1) is 11.2. The Labute approximate surface area is 97.2 Å². The van der Waals surface area contributed by atoms with Crippen LogP contribution in [-0.2, 0) is 0 Å². The molecule has 0 saturated heterocycles. The topological polar surface area (TPSA) is 72.0 Å². The van der Waals surface area contributed by atoms with E-state index >= 15 is 0 Å². The van der Waals surface area contributed by atoms with Gasteiger partial charge in [-0.15, -0.1) is 11.3 Å².